The molecule has 132 valence electrons. The number of carbonyl (C=O) groups is 1. The number of ether oxygens (including phenoxy) is 1. The topological polar surface area (TPSA) is 60.0 Å². The Morgan fingerprint density at radius 1 is 1.08 bits per heavy atom. The summed E-state index contributed by atoms with van der Waals surface area (Å²) in [5.41, 5.74) is 2.14. The van der Waals surface area contributed by atoms with Gasteiger partial charge in [-0.25, -0.2) is 4.39 Å². The molecule has 0 saturated heterocycles. The summed E-state index contributed by atoms with van der Waals surface area (Å²) in [7, 11) is 0. The highest BCUT2D eigenvalue weighted by molar-refractivity contribution is 5.85. The first-order valence-corrected chi connectivity index (χ1v) is 7.73. The van der Waals surface area contributed by atoms with Crippen molar-refractivity contribution in [3.63, 3.8) is 0 Å². The fourth-order valence-electron chi connectivity index (χ4n) is 2.75. The molecule has 7 heteroatoms. The highest BCUT2D eigenvalue weighted by atomic mass is 35.5. The largest absolute Gasteiger partial charge is 0.465 e. The zero-order valence-electron chi connectivity index (χ0n) is 13.7. The van der Waals surface area contributed by atoms with E-state index < -0.39 is 5.97 Å². The molecule has 0 aliphatic rings. The normalized spacial score (nSPS) is 10.5. The minimum Gasteiger partial charge on any atom is -0.465 e. The Balaban J connectivity index is 0.00000225. The van der Waals surface area contributed by atoms with Crippen LogP contribution in [0.1, 0.15) is 12.5 Å². The van der Waals surface area contributed by atoms with Gasteiger partial charge in [-0.05, 0) is 25.1 Å². The second-order valence-electron chi connectivity index (χ2n) is 5.38. The lowest BCUT2D eigenvalue weighted by Crippen LogP contribution is -2.28. The van der Waals surface area contributed by atoms with Gasteiger partial charge in [-0.2, -0.15) is 0 Å². The lowest BCUT2D eigenvalue weighted by molar-refractivity contribution is -0.143. The minimum atomic E-state index is -0.398. The number of aromatic nitrogens is 2. The molecule has 1 N–H and O–H groups in total. The Hall–Kier alpha value is -2.60. The maximum absolute atomic E-state index is 14.0. The average Bonchev–Trinajstić information content (AvgIpc) is 2.83. The predicted molar refractivity (Wildman–Crippen MR) is 95.2 cm³/mol. The number of benzene rings is 2. The molecule has 2 aromatic carbocycles. The second-order valence-corrected chi connectivity index (χ2v) is 5.38. The Kier molecular flexibility index (Phi) is 5.98. The number of imidazole rings is 1. The van der Waals surface area contributed by atoms with Crippen molar-refractivity contribution < 1.29 is 13.9 Å². The molecule has 1 aromatic heterocycles. The summed E-state index contributed by atoms with van der Waals surface area (Å²) in [5.74, 6) is -0.712. The van der Waals surface area contributed by atoms with Crippen LogP contribution in [0.2, 0.25) is 0 Å². The monoisotopic (exact) mass is 363 g/mol. The number of halogens is 2. The third-order valence-corrected chi connectivity index (χ3v) is 3.85. The molecule has 0 spiro atoms. The van der Waals surface area contributed by atoms with Gasteiger partial charge >= 0.3 is 5.97 Å². The molecule has 0 saturated carbocycles. The summed E-state index contributed by atoms with van der Waals surface area (Å²) in [4.78, 5) is 11.8. The van der Waals surface area contributed by atoms with Crippen molar-refractivity contribution in [1.82, 2.24) is 9.13 Å². The summed E-state index contributed by atoms with van der Waals surface area (Å²) < 4.78 is 22.2. The quantitative estimate of drug-likeness (QED) is 0.708. The number of para-hydroxylation sites is 2. The van der Waals surface area contributed by atoms with E-state index in [1.165, 1.54) is 6.07 Å². The smallest absolute Gasteiger partial charge is 0.326 e. The van der Waals surface area contributed by atoms with E-state index in [4.69, 9.17) is 10.1 Å². The average molecular weight is 364 g/mol. The molecule has 0 radical (unpaired) electrons. The van der Waals surface area contributed by atoms with E-state index in [-0.39, 0.29) is 36.9 Å². The van der Waals surface area contributed by atoms with E-state index in [2.05, 4.69) is 0 Å². The van der Waals surface area contributed by atoms with Gasteiger partial charge in [0.05, 0.1) is 24.2 Å². The van der Waals surface area contributed by atoms with Crippen LogP contribution in [0.15, 0.2) is 48.5 Å². The molecule has 1 heterocycles. The van der Waals surface area contributed by atoms with Crippen LogP contribution >= 0.6 is 12.4 Å². The molecule has 3 rings (SSSR count). The van der Waals surface area contributed by atoms with Crippen LogP contribution in [0.25, 0.3) is 11.0 Å². The van der Waals surface area contributed by atoms with E-state index in [1.54, 1.807) is 34.3 Å². The predicted octanol–water partition coefficient (Wildman–Crippen LogP) is 3.09. The third-order valence-electron chi connectivity index (χ3n) is 3.85. The Labute approximate surface area is 150 Å². The number of nitrogens with zero attached hydrogens (tertiary/aromatic N) is 2. The van der Waals surface area contributed by atoms with E-state index in [1.807, 2.05) is 24.3 Å². The van der Waals surface area contributed by atoms with Crippen molar-refractivity contribution in [2.75, 3.05) is 6.61 Å². The van der Waals surface area contributed by atoms with Gasteiger partial charge in [0, 0.05) is 5.56 Å². The molecular weight excluding hydrogens is 345 g/mol. The van der Waals surface area contributed by atoms with Crippen LogP contribution in [0.5, 0.6) is 0 Å². The van der Waals surface area contributed by atoms with E-state index in [0.717, 1.165) is 11.0 Å². The van der Waals surface area contributed by atoms with Gasteiger partial charge in [0.15, 0.2) is 0 Å². The van der Waals surface area contributed by atoms with Crippen LogP contribution in [0.3, 0.4) is 0 Å². The zero-order chi connectivity index (χ0) is 17.1. The van der Waals surface area contributed by atoms with Crippen LogP contribution in [0.4, 0.5) is 4.39 Å². The van der Waals surface area contributed by atoms with Gasteiger partial charge < -0.3 is 9.30 Å². The van der Waals surface area contributed by atoms with Gasteiger partial charge in [-0.1, -0.05) is 30.3 Å². The molecule has 0 bridgehead atoms. The van der Waals surface area contributed by atoms with E-state index in [9.17, 15) is 9.18 Å². The molecule has 0 fully saturated rings. The van der Waals surface area contributed by atoms with Crippen molar-refractivity contribution in [3.8, 4) is 0 Å². The molecule has 3 aromatic rings. The molecule has 0 unspecified atom stereocenters. The van der Waals surface area contributed by atoms with Crippen molar-refractivity contribution in [2.24, 2.45) is 0 Å². The fraction of sp³-hybridized carbons (Fsp3) is 0.222. The molecule has 0 aliphatic heterocycles. The Morgan fingerprint density at radius 3 is 2.32 bits per heavy atom. The number of fused-ring (bicyclic) bond motifs is 1. The first-order chi connectivity index (χ1) is 11.6. The third kappa shape index (κ3) is 3.74. The summed E-state index contributed by atoms with van der Waals surface area (Å²) in [6.45, 7) is 2.21. The summed E-state index contributed by atoms with van der Waals surface area (Å²) >= 11 is 0. The summed E-state index contributed by atoms with van der Waals surface area (Å²) in [6.07, 6.45) is 0. The Morgan fingerprint density at radius 2 is 1.68 bits per heavy atom. The fourth-order valence-corrected chi connectivity index (χ4v) is 2.75. The second kappa shape index (κ2) is 7.98. The first kappa shape index (κ1) is 18.7. The van der Waals surface area contributed by atoms with Crippen LogP contribution < -0.4 is 5.62 Å². The van der Waals surface area contributed by atoms with Crippen molar-refractivity contribution >= 4 is 29.4 Å². The number of hydrogen-bond acceptors (Lipinski definition) is 3. The Bertz CT molecular complexity index is 949. The van der Waals surface area contributed by atoms with Crippen LogP contribution in [-0.4, -0.2) is 21.7 Å². The number of hydrogen-bond donors (Lipinski definition) is 1. The molecule has 5 nitrogen and oxygen atoms in total. The maximum Gasteiger partial charge on any atom is 0.326 e. The number of rotatable bonds is 5. The van der Waals surface area contributed by atoms with Gasteiger partial charge in [0.1, 0.15) is 12.4 Å². The van der Waals surface area contributed by atoms with Crippen molar-refractivity contribution in [2.45, 2.75) is 20.0 Å². The minimum absolute atomic E-state index is 0. The van der Waals surface area contributed by atoms with E-state index in [0.29, 0.717) is 12.2 Å². The standard InChI is InChI=1S/C18H18FN3O2.ClH/c1-2-24-17(23)12-22-16-10-6-5-9-15(16)21(18(22)20)11-13-7-3-4-8-14(13)19;/h3-10,20H,2,11-12H2,1H3;1H. The molecule has 0 amide bonds. The summed E-state index contributed by atoms with van der Waals surface area (Å²) in [5, 5.41) is 8.42. The zero-order valence-corrected chi connectivity index (χ0v) is 14.6. The van der Waals surface area contributed by atoms with Crippen molar-refractivity contribution in [1.29, 1.82) is 5.41 Å². The number of carbonyl (C=O) groups excluding carboxylic acids is 1. The number of nitrogens with one attached hydrogen (secondary N) is 1. The first-order valence-electron chi connectivity index (χ1n) is 7.73. The summed E-state index contributed by atoms with van der Waals surface area (Å²) in [6, 6.07) is 13.9. The molecular formula is C18H19ClFN3O2. The highest BCUT2D eigenvalue weighted by Gasteiger charge is 2.15. The molecule has 25 heavy (non-hydrogen) atoms. The van der Waals surface area contributed by atoms with Crippen LogP contribution in [0, 0.1) is 11.2 Å². The highest BCUT2D eigenvalue weighted by Crippen LogP contribution is 2.16. The number of esters is 1. The molecule has 0 atom stereocenters. The SMILES string of the molecule is CCOC(=O)Cn1c(=N)n(Cc2ccccc2F)c2ccccc21.Cl. The van der Waals surface area contributed by atoms with Crippen molar-refractivity contribution in [3.05, 3.63) is 65.5 Å². The van der Waals surface area contributed by atoms with Gasteiger partial charge in [0.25, 0.3) is 0 Å². The lowest BCUT2D eigenvalue weighted by atomic mass is 10.2. The van der Waals surface area contributed by atoms with Gasteiger partial charge in [-0.15, -0.1) is 12.4 Å². The molecule has 0 aliphatic carbocycles. The van der Waals surface area contributed by atoms with Crippen LogP contribution in [-0.2, 0) is 22.6 Å². The van der Waals surface area contributed by atoms with Gasteiger partial charge in [-0.3, -0.25) is 14.8 Å². The van der Waals surface area contributed by atoms with Gasteiger partial charge in [0.2, 0.25) is 5.62 Å². The lowest BCUT2D eigenvalue weighted by Gasteiger charge is -2.06. The van der Waals surface area contributed by atoms with E-state index >= 15 is 0 Å². The maximum atomic E-state index is 14.0.